The summed E-state index contributed by atoms with van der Waals surface area (Å²) in [6, 6.07) is 15.1. The summed E-state index contributed by atoms with van der Waals surface area (Å²) in [4.78, 5) is 13.5. The highest BCUT2D eigenvalue weighted by Gasteiger charge is 2.14. The summed E-state index contributed by atoms with van der Waals surface area (Å²) in [5, 5.41) is 0.704. The van der Waals surface area contributed by atoms with E-state index >= 15 is 0 Å². The van der Waals surface area contributed by atoms with Crippen LogP contribution in [-0.2, 0) is 4.79 Å². The third kappa shape index (κ3) is 2.54. The number of para-hydroxylation sites is 1. The number of hydrogen-bond acceptors (Lipinski definition) is 1. The van der Waals surface area contributed by atoms with E-state index in [4.69, 9.17) is 11.6 Å². The van der Waals surface area contributed by atoms with Crippen molar-refractivity contribution in [2.75, 3.05) is 4.90 Å². The molecule has 0 heterocycles. The third-order valence-corrected chi connectivity index (χ3v) is 3.15. The van der Waals surface area contributed by atoms with Crippen molar-refractivity contribution in [1.82, 2.24) is 0 Å². The Morgan fingerprint density at radius 3 is 2.28 bits per heavy atom. The molecule has 0 bridgehead atoms. The van der Waals surface area contributed by atoms with Crippen molar-refractivity contribution in [2.24, 2.45) is 0 Å². The predicted octanol–water partition coefficient (Wildman–Crippen LogP) is 4.33. The van der Waals surface area contributed by atoms with E-state index in [-0.39, 0.29) is 5.91 Å². The van der Waals surface area contributed by atoms with Gasteiger partial charge in [0.15, 0.2) is 0 Å². The Morgan fingerprint density at radius 2 is 1.72 bits per heavy atom. The van der Waals surface area contributed by atoms with Gasteiger partial charge in [0, 0.05) is 23.3 Å². The number of halogens is 1. The molecule has 2 aromatic rings. The Kier molecular flexibility index (Phi) is 3.68. The lowest BCUT2D eigenvalue weighted by Crippen LogP contribution is -2.22. The molecule has 92 valence electrons. The van der Waals surface area contributed by atoms with Gasteiger partial charge in [0.1, 0.15) is 0 Å². The topological polar surface area (TPSA) is 20.3 Å². The lowest BCUT2D eigenvalue weighted by molar-refractivity contribution is -0.115. The maximum absolute atomic E-state index is 11.8. The van der Waals surface area contributed by atoms with Gasteiger partial charge in [-0.3, -0.25) is 9.69 Å². The lowest BCUT2D eigenvalue weighted by Gasteiger charge is -2.22. The van der Waals surface area contributed by atoms with Gasteiger partial charge in [-0.1, -0.05) is 29.8 Å². The van der Waals surface area contributed by atoms with Crippen molar-refractivity contribution >= 4 is 28.9 Å². The zero-order chi connectivity index (χ0) is 13.1. The highest BCUT2D eigenvalue weighted by Crippen LogP contribution is 2.28. The number of carbonyl (C=O) groups is 1. The molecule has 0 aliphatic carbocycles. The Balaban J connectivity index is 2.49. The molecule has 0 aliphatic rings. The van der Waals surface area contributed by atoms with E-state index in [0.717, 1.165) is 16.9 Å². The number of rotatable bonds is 2. The summed E-state index contributed by atoms with van der Waals surface area (Å²) in [7, 11) is 0. The molecular weight excluding hydrogens is 246 g/mol. The highest BCUT2D eigenvalue weighted by molar-refractivity contribution is 6.31. The summed E-state index contributed by atoms with van der Waals surface area (Å²) in [5.41, 5.74) is 2.64. The Bertz CT molecular complexity index is 566. The number of hydrogen-bond donors (Lipinski definition) is 0. The Hall–Kier alpha value is -1.80. The van der Waals surface area contributed by atoms with Crippen LogP contribution in [0.15, 0.2) is 48.5 Å². The smallest absolute Gasteiger partial charge is 0.228 e. The van der Waals surface area contributed by atoms with Gasteiger partial charge in [-0.05, 0) is 42.8 Å². The van der Waals surface area contributed by atoms with Crippen molar-refractivity contribution in [1.29, 1.82) is 0 Å². The number of amides is 1. The first-order valence-electron chi connectivity index (χ1n) is 5.71. The molecule has 0 saturated carbocycles. The van der Waals surface area contributed by atoms with Crippen LogP contribution in [0.5, 0.6) is 0 Å². The largest absolute Gasteiger partial charge is 0.281 e. The second-order valence-corrected chi connectivity index (χ2v) is 4.53. The quantitative estimate of drug-likeness (QED) is 0.786. The van der Waals surface area contributed by atoms with Crippen LogP contribution in [0.1, 0.15) is 12.5 Å². The minimum Gasteiger partial charge on any atom is -0.281 e. The van der Waals surface area contributed by atoms with Crippen molar-refractivity contribution in [3.8, 4) is 0 Å². The van der Waals surface area contributed by atoms with Crippen LogP contribution >= 0.6 is 11.6 Å². The molecule has 2 aromatic carbocycles. The van der Waals surface area contributed by atoms with E-state index < -0.39 is 0 Å². The van der Waals surface area contributed by atoms with Crippen molar-refractivity contribution < 1.29 is 4.79 Å². The molecule has 3 heteroatoms. The van der Waals surface area contributed by atoms with E-state index in [1.165, 1.54) is 0 Å². The van der Waals surface area contributed by atoms with Crippen molar-refractivity contribution in [2.45, 2.75) is 13.8 Å². The second-order valence-electron chi connectivity index (χ2n) is 4.12. The fourth-order valence-electron chi connectivity index (χ4n) is 1.86. The van der Waals surface area contributed by atoms with E-state index in [0.29, 0.717) is 5.02 Å². The van der Waals surface area contributed by atoms with Gasteiger partial charge in [-0.2, -0.15) is 0 Å². The minimum atomic E-state index is -0.0251. The molecule has 2 nitrogen and oxygen atoms in total. The Morgan fingerprint density at radius 1 is 1.06 bits per heavy atom. The van der Waals surface area contributed by atoms with Gasteiger partial charge in [-0.25, -0.2) is 0 Å². The van der Waals surface area contributed by atoms with Crippen LogP contribution in [0, 0.1) is 6.92 Å². The molecule has 0 spiro atoms. The lowest BCUT2D eigenvalue weighted by atomic mass is 10.2. The van der Waals surface area contributed by atoms with Crippen molar-refractivity contribution in [3.63, 3.8) is 0 Å². The zero-order valence-corrected chi connectivity index (χ0v) is 11.1. The first-order chi connectivity index (χ1) is 8.59. The normalized spacial score (nSPS) is 10.2. The number of benzene rings is 2. The molecule has 0 atom stereocenters. The molecule has 0 saturated heterocycles. The zero-order valence-electron chi connectivity index (χ0n) is 10.4. The van der Waals surface area contributed by atoms with Crippen LogP contribution in [0.3, 0.4) is 0 Å². The number of anilines is 2. The fraction of sp³-hybridized carbons (Fsp3) is 0.133. The highest BCUT2D eigenvalue weighted by atomic mass is 35.5. The summed E-state index contributed by atoms with van der Waals surface area (Å²) < 4.78 is 0. The van der Waals surface area contributed by atoms with Crippen LogP contribution < -0.4 is 4.90 Å². The average Bonchev–Trinajstić information content (AvgIpc) is 2.35. The first-order valence-corrected chi connectivity index (χ1v) is 6.09. The van der Waals surface area contributed by atoms with Crippen molar-refractivity contribution in [3.05, 3.63) is 59.1 Å². The van der Waals surface area contributed by atoms with Gasteiger partial charge >= 0.3 is 0 Å². The average molecular weight is 260 g/mol. The summed E-state index contributed by atoms with van der Waals surface area (Å²) in [6.45, 7) is 3.48. The fourth-order valence-corrected chi connectivity index (χ4v) is 1.98. The maximum atomic E-state index is 11.8. The Labute approximate surface area is 112 Å². The van der Waals surface area contributed by atoms with Crippen LogP contribution in [0.25, 0.3) is 0 Å². The van der Waals surface area contributed by atoms with E-state index in [9.17, 15) is 4.79 Å². The molecule has 0 fully saturated rings. The molecule has 0 unspecified atom stereocenters. The van der Waals surface area contributed by atoms with E-state index in [2.05, 4.69) is 0 Å². The van der Waals surface area contributed by atoms with E-state index in [1.807, 2.05) is 55.5 Å². The first kappa shape index (κ1) is 12.7. The molecule has 0 aromatic heterocycles. The van der Waals surface area contributed by atoms with Crippen LogP contribution in [-0.4, -0.2) is 5.91 Å². The minimum absolute atomic E-state index is 0.0251. The molecule has 0 aliphatic heterocycles. The monoisotopic (exact) mass is 259 g/mol. The molecule has 18 heavy (non-hydrogen) atoms. The number of aryl methyl sites for hydroxylation is 1. The van der Waals surface area contributed by atoms with Gasteiger partial charge in [-0.15, -0.1) is 0 Å². The van der Waals surface area contributed by atoms with Crippen LogP contribution in [0.4, 0.5) is 11.4 Å². The molecular formula is C15H14ClNO. The molecule has 0 N–H and O–H groups in total. The van der Waals surface area contributed by atoms with Gasteiger partial charge in [0.2, 0.25) is 5.91 Å². The summed E-state index contributed by atoms with van der Waals surface area (Å²) in [6.07, 6.45) is 0. The third-order valence-electron chi connectivity index (χ3n) is 2.73. The second kappa shape index (κ2) is 5.23. The van der Waals surface area contributed by atoms with E-state index in [1.54, 1.807) is 11.8 Å². The summed E-state index contributed by atoms with van der Waals surface area (Å²) in [5.74, 6) is -0.0251. The standard InChI is InChI=1S/C15H14ClNO/c1-11-10-14(8-9-15(11)16)17(12(2)18)13-6-4-3-5-7-13/h3-10H,1-2H3. The SMILES string of the molecule is CC(=O)N(c1ccccc1)c1ccc(Cl)c(C)c1. The predicted molar refractivity (Wildman–Crippen MR) is 75.5 cm³/mol. The maximum Gasteiger partial charge on any atom is 0.228 e. The molecule has 1 amide bonds. The van der Waals surface area contributed by atoms with Gasteiger partial charge in [0.25, 0.3) is 0 Å². The van der Waals surface area contributed by atoms with Gasteiger partial charge in [0.05, 0.1) is 0 Å². The number of nitrogens with zero attached hydrogens (tertiary/aromatic N) is 1. The number of carbonyl (C=O) groups excluding carboxylic acids is 1. The van der Waals surface area contributed by atoms with Crippen LogP contribution in [0.2, 0.25) is 5.02 Å². The molecule has 0 radical (unpaired) electrons. The van der Waals surface area contributed by atoms with Gasteiger partial charge < -0.3 is 0 Å². The molecule has 2 rings (SSSR count). The summed E-state index contributed by atoms with van der Waals surface area (Å²) >= 11 is 6.01.